The van der Waals surface area contributed by atoms with Crippen LogP contribution in [0.2, 0.25) is 0 Å². The predicted octanol–water partition coefficient (Wildman–Crippen LogP) is 4.64. The Balaban J connectivity index is 1.24. The van der Waals surface area contributed by atoms with Gasteiger partial charge in [0, 0.05) is 38.0 Å². The molecule has 0 radical (unpaired) electrons. The Morgan fingerprint density at radius 1 is 0.871 bits per heavy atom. The summed E-state index contributed by atoms with van der Waals surface area (Å²) >= 11 is 0. The molecule has 1 spiro atoms. The molecule has 3 aromatic rings. The summed E-state index contributed by atoms with van der Waals surface area (Å²) in [4.78, 5) is 13.4. The summed E-state index contributed by atoms with van der Waals surface area (Å²) in [5.41, 5.74) is 7.36. The Labute approximate surface area is 183 Å². The SMILES string of the molecule is COc1ccc(-c2ccc(C3=NC4(CCN(Cc5ccccc5)CC4)ON3)cc2)cc1. The molecule has 1 saturated heterocycles. The van der Waals surface area contributed by atoms with Crippen molar-refractivity contribution in [1.82, 2.24) is 10.4 Å². The van der Waals surface area contributed by atoms with E-state index in [1.54, 1.807) is 7.11 Å². The Morgan fingerprint density at radius 3 is 2.13 bits per heavy atom. The zero-order valence-electron chi connectivity index (χ0n) is 17.8. The number of methoxy groups -OCH3 is 1. The number of aliphatic imine (C=N–C) groups is 1. The van der Waals surface area contributed by atoms with Gasteiger partial charge in [-0.05, 0) is 28.8 Å². The number of likely N-dealkylation sites (tertiary alicyclic amines) is 1. The normalized spacial score (nSPS) is 17.9. The maximum atomic E-state index is 5.99. The minimum atomic E-state index is -0.447. The van der Waals surface area contributed by atoms with Crippen molar-refractivity contribution < 1.29 is 9.57 Å². The van der Waals surface area contributed by atoms with Crippen LogP contribution < -0.4 is 10.2 Å². The maximum Gasteiger partial charge on any atom is 0.190 e. The molecule has 5 heteroatoms. The van der Waals surface area contributed by atoms with Crippen molar-refractivity contribution in [2.45, 2.75) is 25.1 Å². The molecule has 1 fully saturated rings. The summed E-state index contributed by atoms with van der Waals surface area (Å²) < 4.78 is 5.24. The molecule has 0 atom stereocenters. The fourth-order valence-corrected chi connectivity index (χ4v) is 4.24. The van der Waals surface area contributed by atoms with Gasteiger partial charge in [0.15, 0.2) is 11.6 Å². The lowest BCUT2D eigenvalue weighted by atomic mass is 10.00. The quantitative estimate of drug-likeness (QED) is 0.662. The first kappa shape index (κ1) is 19.8. The summed E-state index contributed by atoms with van der Waals surface area (Å²) in [5.74, 6) is 1.68. The molecular weight excluding hydrogens is 386 g/mol. The van der Waals surface area contributed by atoms with E-state index in [0.29, 0.717) is 0 Å². The molecule has 5 rings (SSSR count). The molecule has 1 N–H and O–H groups in total. The molecule has 0 unspecified atom stereocenters. The van der Waals surface area contributed by atoms with Crippen LogP contribution in [0.15, 0.2) is 83.9 Å². The number of hydroxylamine groups is 1. The van der Waals surface area contributed by atoms with Crippen LogP contribution in [0.5, 0.6) is 5.75 Å². The van der Waals surface area contributed by atoms with Crippen molar-refractivity contribution in [3.05, 3.63) is 90.0 Å². The van der Waals surface area contributed by atoms with Crippen LogP contribution in [0.4, 0.5) is 0 Å². The standard InChI is InChI=1S/C26H27N3O2/c1-30-24-13-11-22(12-14-24)21-7-9-23(10-8-21)25-27-26(31-28-25)15-17-29(18-16-26)19-20-5-3-2-4-6-20/h2-14H,15-19H2,1H3,(H,27,28). The van der Waals surface area contributed by atoms with Crippen molar-refractivity contribution >= 4 is 5.84 Å². The number of amidine groups is 1. The lowest BCUT2D eigenvalue weighted by Gasteiger charge is -2.35. The van der Waals surface area contributed by atoms with Crippen molar-refractivity contribution in [2.24, 2.45) is 4.99 Å². The maximum absolute atomic E-state index is 5.99. The second-order valence-electron chi connectivity index (χ2n) is 8.18. The number of nitrogens with zero attached hydrogens (tertiary/aromatic N) is 2. The van der Waals surface area contributed by atoms with Gasteiger partial charge in [0.05, 0.1) is 7.11 Å². The topological polar surface area (TPSA) is 46.1 Å². The van der Waals surface area contributed by atoms with E-state index in [0.717, 1.165) is 60.8 Å². The Hall–Kier alpha value is -3.15. The number of nitrogens with one attached hydrogen (secondary N) is 1. The van der Waals surface area contributed by atoms with Crippen LogP contribution in [0.3, 0.4) is 0 Å². The van der Waals surface area contributed by atoms with Crippen LogP contribution in [0.1, 0.15) is 24.0 Å². The summed E-state index contributed by atoms with van der Waals surface area (Å²) in [7, 11) is 1.68. The second-order valence-corrected chi connectivity index (χ2v) is 8.18. The molecule has 158 valence electrons. The third-order valence-corrected chi connectivity index (χ3v) is 6.12. The minimum Gasteiger partial charge on any atom is -0.497 e. The van der Waals surface area contributed by atoms with Gasteiger partial charge in [-0.15, -0.1) is 0 Å². The van der Waals surface area contributed by atoms with Gasteiger partial charge in [0.1, 0.15) is 5.75 Å². The molecular formula is C26H27N3O2. The van der Waals surface area contributed by atoms with Crippen LogP contribution in [0.25, 0.3) is 11.1 Å². The van der Waals surface area contributed by atoms with Crippen molar-refractivity contribution in [1.29, 1.82) is 0 Å². The average molecular weight is 414 g/mol. The first-order chi connectivity index (χ1) is 15.2. The fraction of sp³-hybridized carbons (Fsp3) is 0.269. The van der Waals surface area contributed by atoms with Crippen molar-refractivity contribution in [3.63, 3.8) is 0 Å². The molecule has 31 heavy (non-hydrogen) atoms. The monoisotopic (exact) mass is 413 g/mol. The van der Waals surface area contributed by atoms with Gasteiger partial charge in [-0.1, -0.05) is 66.7 Å². The molecule has 2 heterocycles. The third-order valence-electron chi connectivity index (χ3n) is 6.12. The van der Waals surface area contributed by atoms with E-state index in [4.69, 9.17) is 14.6 Å². The van der Waals surface area contributed by atoms with E-state index in [-0.39, 0.29) is 0 Å². The zero-order chi connectivity index (χ0) is 21.1. The predicted molar refractivity (Wildman–Crippen MR) is 123 cm³/mol. The van der Waals surface area contributed by atoms with Gasteiger partial charge in [-0.25, -0.2) is 15.3 Å². The van der Waals surface area contributed by atoms with Gasteiger partial charge in [0.25, 0.3) is 0 Å². The van der Waals surface area contributed by atoms with Gasteiger partial charge in [-0.3, -0.25) is 4.90 Å². The third kappa shape index (κ3) is 4.33. The van der Waals surface area contributed by atoms with E-state index >= 15 is 0 Å². The molecule has 5 nitrogen and oxygen atoms in total. The van der Waals surface area contributed by atoms with Gasteiger partial charge >= 0.3 is 0 Å². The minimum absolute atomic E-state index is 0.447. The van der Waals surface area contributed by atoms with E-state index < -0.39 is 5.72 Å². The Bertz CT molecular complexity index is 1040. The summed E-state index contributed by atoms with van der Waals surface area (Å²) in [6, 6.07) is 27.2. The lowest BCUT2D eigenvalue weighted by molar-refractivity contribution is -0.0901. The second kappa shape index (κ2) is 8.53. The fourth-order valence-electron chi connectivity index (χ4n) is 4.24. The number of hydrogen-bond acceptors (Lipinski definition) is 5. The van der Waals surface area contributed by atoms with Crippen LogP contribution in [-0.2, 0) is 11.4 Å². The number of benzene rings is 3. The van der Waals surface area contributed by atoms with Crippen LogP contribution in [0, 0.1) is 0 Å². The number of ether oxygens (including phenoxy) is 1. The average Bonchev–Trinajstić information content (AvgIpc) is 3.25. The summed E-state index contributed by atoms with van der Waals surface area (Å²) in [6.07, 6.45) is 1.78. The zero-order valence-corrected chi connectivity index (χ0v) is 17.8. The van der Waals surface area contributed by atoms with Gasteiger partial charge in [-0.2, -0.15) is 0 Å². The lowest BCUT2D eigenvalue weighted by Crippen LogP contribution is -2.44. The van der Waals surface area contributed by atoms with Crippen LogP contribution >= 0.6 is 0 Å². The molecule has 0 amide bonds. The largest absolute Gasteiger partial charge is 0.497 e. The number of hydrogen-bond donors (Lipinski definition) is 1. The van der Waals surface area contributed by atoms with Gasteiger partial charge < -0.3 is 4.74 Å². The van der Waals surface area contributed by atoms with Gasteiger partial charge in [0.2, 0.25) is 0 Å². The molecule has 0 aromatic heterocycles. The first-order valence-corrected chi connectivity index (χ1v) is 10.8. The molecule has 2 aliphatic heterocycles. The number of piperidine rings is 1. The molecule has 0 bridgehead atoms. The number of rotatable bonds is 5. The van der Waals surface area contributed by atoms with E-state index in [2.05, 4.69) is 77.1 Å². The van der Waals surface area contributed by atoms with Crippen molar-refractivity contribution in [3.8, 4) is 16.9 Å². The molecule has 0 saturated carbocycles. The highest BCUT2D eigenvalue weighted by atomic mass is 16.7. The van der Waals surface area contributed by atoms with E-state index in [1.807, 2.05) is 12.1 Å². The van der Waals surface area contributed by atoms with Crippen molar-refractivity contribution in [2.75, 3.05) is 20.2 Å². The van der Waals surface area contributed by atoms with E-state index in [1.165, 1.54) is 5.56 Å². The summed E-state index contributed by atoms with van der Waals surface area (Å²) in [5, 5.41) is 0. The Kier molecular flexibility index (Phi) is 5.45. The molecule has 2 aliphatic rings. The summed E-state index contributed by atoms with van der Waals surface area (Å²) in [6.45, 7) is 2.93. The Morgan fingerprint density at radius 2 is 1.48 bits per heavy atom. The first-order valence-electron chi connectivity index (χ1n) is 10.8. The highest BCUT2D eigenvalue weighted by molar-refractivity contribution is 5.99. The molecule has 3 aromatic carbocycles. The van der Waals surface area contributed by atoms with Crippen LogP contribution in [-0.4, -0.2) is 36.7 Å². The highest BCUT2D eigenvalue weighted by Crippen LogP contribution is 2.32. The smallest absolute Gasteiger partial charge is 0.190 e. The molecule has 0 aliphatic carbocycles. The van der Waals surface area contributed by atoms with E-state index in [9.17, 15) is 0 Å². The highest BCUT2D eigenvalue weighted by Gasteiger charge is 2.40.